The van der Waals surface area contributed by atoms with Crippen molar-refractivity contribution in [2.75, 3.05) is 0 Å². The number of esters is 1. The summed E-state index contributed by atoms with van der Waals surface area (Å²) in [4.78, 5) is 50.0. The van der Waals surface area contributed by atoms with Gasteiger partial charge < -0.3 is 20.5 Å². The quantitative estimate of drug-likeness (QED) is 0.247. The maximum absolute atomic E-state index is 13.3. The van der Waals surface area contributed by atoms with E-state index in [9.17, 15) is 24.3 Å². The number of aliphatic carboxylic acids is 1. The van der Waals surface area contributed by atoms with Crippen molar-refractivity contribution in [2.24, 2.45) is 0 Å². The highest BCUT2D eigenvalue weighted by Gasteiger charge is 2.28. The number of hydrogen-bond acceptors (Lipinski definition) is 5. The highest BCUT2D eigenvalue weighted by molar-refractivity contribution is 5.98. The number of nitrogens with one attached hydrogen (secondary N) is 2. The van der Waals surface area contributed by atoms with Crippen LogP contribution in [0.3, 0.4) is 0 Å². The van der Waals surface area contributed by atoms with E-state index in [0.29, 0.717) is 5.56 Å². The zero-order valence-corrected chi connectivity index (χ0v) is 30.2. The minimum atomic E-state index is -1.40. The van der Waals surface area contributed by atoms with E-state index in [2.05, 4.69) is 206 Å². The molecule has 1 aromatic carbocycles. The largest absolute Gasteiger partial charge is 0.481 e. The Kier molecular flexibility index (Phi) is 25.6. The summed E-state index contributed by atoms with van der Waals surface area (Å²) in [6.07, 6.45) is 6.24. The van der Waals surface area contributed by atoms with Crippen molar-refractivity contribution in [1.82, 2.24) is 10.6 Å². The number of carbonyl (C=O) groups excluding carboxylic acids is 3. The molecular weight excluding hydrogens is 725 g/mol. The average Bonchev–Trinajstić information content (AvgIpc) is 3.21. The first-order chi connectivity index (χ1) is 28.4. The first kappa shape index (κ1) is 45.6. The minimum absolute atomic E-state index is 0.0304. The first-order valence-corrected chi connectivity index (χ1v) is 15.8. The van der Waals surface area contributed by atoms with Gasteiger partial charge in [0.25, 0.3) is 5.91 Å². The Bertz CT molecular complexity index is 2900. The van der Waals surface area contributed by atoms with Crippen molar-refractivity contribution < 1.29 is 29.0 Å². The molecule has 0 saturated heterocycles. The monoisotopic (exact) mass is 744 g/mol. The summed E-state index contributed by atoms with van der Waals surface area (Å²) in [6, 6.07) is 5.94. The smallest absolute Gasteiger partial charge is 0.342 e. The van der Waals surface area contributed by atoms with E-state index >= 15 is 0 Å². The predicted octanol–water partition coefficient (Wildman–Crippen LogP) is 0.272. The molecule has 0 spiro atoms. The third-order valence-electron chi connectivity index (χ3n) is 5.42. The molecule has 3 N–H and O–H groups in total. The second-order valence-corrected chi connectivity index (χ2v) is 9.38. The number of carboxylic acids is 1. The Balaban J connectivity index is 2.98. The molecule has 0 saturated carbocycles. The molecule has 266 valence electrons. The van der Waals surface area contributed by atoms with Crippen LogP contribution in [0.25, 0.3) is 0 Å². The molecule has 8 nitrogen and oxygen atoms in total. The molecule has 2 amide bonds. The van der Waals surface area contributed by atoms with Crippen LogP contribution in [0, 0.1) is 202 Å². The van der Waals surface area contributed by atoms with Crippen molar-refractivity contribution in [3.63, 3.8) is 0 Å². The van der Waals surface area contributed by atoms with Gasteiger partial charge in [-0.15, -0.1) is 6.42 Å². The lowest BCUT2D eigenvalue weighted by Crippen LogP contribution is -2.52. The number of rotatable bonds is 9. The van der Waals surface area contributed by atoms with Gasteiger partial charge in [-0.05, 0) is 149 Å². The van der Waals surface area contributed by atoms with Crippen molar-refractivity contribution >= 4 is 23.8 Å². The molecule has 2 unspecified atom stereocenters. The van der Waals surface area contributed by atoms with E-state index in [1.807, 2.05) is 0 Å². The second-order valence-electron chi connectivity index (χ2n) is 9.38. The molecule has 0 aromatic heterocycles. The van der Waals surface area contributed by atoms with E-state index in [4.69, 9.17) is 11.2 Å². The van der Waals surface area contributed by atoms with Crippen molar-refractivity contribution in [1.29, 1.82) is 0 Å². The Labute approximate surface area is 338 Å². The van der Waals surface area contributed by atoms with Crippen LogP contribution in [-0.2, 0) is 30.3 Å². The van der Waals surface area contributed by atoms with Crippen molar-refractivity contribution in [3.05, 3.63) is 35.9 Å². The molecule has 0 heterocycles. The number of carbonyl (C=O) groups is 4. The van der Waals surface area contributed by atoms with Gasteiger partial charge in [0.1, 0.15) is 18.2 Å². The van der Waals surface area contributed by atoms with Crippen LogP contribution in [0.2, 0.25) is 0 Å². The van der Waals surface area contributed by atoms with Crippen molar-refractivity contribution in [3.8, 4) is 202 Å². The van der Waals surface area contributed by atoms with Gasteiger partial charge in [0.15, 0.2) is 0 Å². The van der Waals surface area contributed by atoms with E-state index in [1.54, 1.807) is 37.3 Å². The molecule has 8 heteroatoms. The summed E-state index contributed by atoms with van der Waals surface area (Å²) >= 11 is 0. The maximum atomic E-state index is 13.3. The van der Waals surface area contributed by atoms with E-state index in [-0.39, 0.29) is 12.8 Å². The molecule has 0 aliphatic rings. The lowest BCUT2D eigenvalue weighted by molar-refractivity contribution is -0.142. The SMILES string of the molecule is C#CC#CC#CC#CC#CC#CC#CC#CC#COC(=O)C(Cc1ccccc1)NC(=O)C(CCC(=O)O)NC(=O)C#CC#CC#CC#CC#CC#CC#CC#CC. The summed E-state index contributed by atoms with van der Waals surface area (Å²) in [5, 5.41) is 14.0. The molecular formula is C50H20N2O6. The number of amides is 2. The van der Waals surface area contributed by atoms with Crippen LogP contribution in [0.4, 0.5) is 0 Å². The second kappa shape index (κ2) is 32.5. The standard InChI is InChI=1S/C50H20N2O6/c1-3-5-7-9-11-13-15-17-19-21-23-25-27-29-31-36-42-58-50(57)46(43-44-37-33-32-34-38-44)52-49(56)45(40-41-48(54)55)51-47(53)39-35-30-28-26-24-22-20-18-16-14-12-10-8-6-4-2/h1,32-34,37-38,45-46H,40-41,43H2,2H3,(H,51,53)(H,52,56)(H,54,55). The number of terminal acetylenes is 1. The summed E-state index contributed by atoms with van der Waals surface area (Å²) < 4.78 is 4.98. The molecule has 0 fully saturated rings. The lowest BCUT2D eigenvalue weighted by Gasteiger charge is -2.21. The zero-order chi connectivity index (χ0) is 42.2. The normalized spacial score (nSPS) is 7.66. The topological polar surface area (TPSA) is 122 Å². The van der Waals surface area contributed by atoms with Gasteiger partial charge >= 0.3 is 11.9 Å². The third-order valence-corrected chi connectivity index (χ3v) is 5.42. The number of ether oxygens (including phenoxy) is 1. The van der Waals surface area contributed by atoms with Crippen LogP contribution in [0.5, 0.6) is 0 Å². The Hall–Kier alpha value is -10.4. The van der Waals surface area contributed by atoms with Crippen molar-refractivity contribution in [2.45, 2.75) is 38.3 Å². The van der Waals surface area contributed by atoms with Crippen LogP contribution < -0.4 is 10.6 Å². The first-order valence-electron chi connectivity index (χ1n) is 15.8. The Morgan fingerprint density at radius 1 is 0.586 bits per heavy atom. The van der Waals surface area contributed by atoms with E-state index < -0.39 is 42.3 Å². The van der Waals surface area contributed by atoms with Gasteiger partial charge in [-0.2, -0.15) is 0 Å². The number of carboxylic acid groups (broad SMARTS) is 1. The number of hydrogen-bond donors (Lipinski definition) is 3. The highest BCUT2D eigenvalue weighted by atomic mass is 16.5. The predicted molar refractivity (Wildman–Crippen MR) is 216 cm³/mol. The highest BCUT2D eigenvalue weighted by Crippen LogP contribution is 2.07. The average molecular weight is 745 g/mol. The maximum Gasteiger partial charge on any atom is 0.342 e. The number of benzene rings is 1. The lowest BCUT2D eigenvalue weighted by atomic mass is 10.0. The van der Waals surface area contributed by atoms with E-state index in [1.165, 1.54) is 0 Å². The summed E-state index contributed by atoms with van der Waals surface area (Å²) in [5.41, 5.74) is 0.650. The van der Waals surface area contributed by atoms with E-state index in [0.717, 1.165) is 0 Å². The molecule has 1 rings (SSSR count). The van der Waals surface area contributed by atoms with Gasteiger partial charge in [0.05, 0.1) is 0 Å². The van der Waals surface area contributed by atoms with Crippen LogP contribution >= 0.6 is 0 Å². The van der Waals surface area contributed by atoms with Crippen LogP contribution in [-0.4, -0.2) is 40.9 Å². The fraction of sp³-hybridized carbons (Fsp3) is 0.120. The summed E-state index contributed by atoms with van der Waals surface area (Å²) in [7, 11) is 0. The van der Waals surface area contributed by atoms with Gasteiger partial charge in [0, 0.05) is 66.1 Å². The molecule has 0 aliphatic heterocycles. The zero-order valence-electron chi connectivity index (χ0n) is 30.2. The van der Waals surface area contributed by atoms with Crippen LogP contribution in [0.15, 0.2) is 30.3 Å². The molecule has 0 bridgehead atoms. The van der Waals surface area contributed by atoms with Gasteiger partial charge in [-0.1, -0.05) is 36.3 Å². The van der Waals surface area contributed by atoms with Gasteiger partial charge in [0.2, 0.25) is 5.91 Å². The summed E-state index contributed by atoms with van der Waals surface area (Å²) in [6.45, 7) is 1.65. The molecule has 0 radical (unpaired) electrons. The third kappa shape index (κ3) is 26.4. The molecule has 1 aromatic rings. The Morgan fingerprint density at radius 2 is 1.02 bits per heavy atom. The minimum Gasteiger partial charge on any atom is -0.481 e. The fourth-order valence-electron chi connectivity index (χ4n) is 3.19. The Morgan fingerprint density at radius 3 is 1.47 bits per heavy atom. The molecule has 58 heavy (non-hydrogen) atoms. The molecule has 0 aliphatic carbocycles. The molecule has 2 atom stereocenters. The van der Waals surface area contributed by atoms with Crippen LogP contribution in [0.1, 0.15) is 25.3 Å². The van der Waals surface area contributed by atoms with Gasteiger partial charge in [-0.25, -0.2) is 4.79 Å². The fourth-order valence-corrected chi connectivity index (χ4v) is 3.19. The van der Waals surface area contributed by atoms with Gasteiger partial charge in [-0.3, -0.25) is 14.4 Å². The summed E-state index contributed by atoms with van der Waals surface area (Å²) in [5.74, 6) is 73.0.